The molecule has 1 aliphatic heterocycles. The molecule has 6 atom stereocenters. The van der Waals surface area contributed by atoms with E-state index < -0.39 is 5.92 Å². The number of carbonyl (C=O) groups excluding carboxylic acids is 3. The van der Waals surface area contributed by atoms with Crippen LogP contribution in [0.4, 0.5) is 0 Å². The van der Waals surface area contributed by atoms with Crippen LogP contribution in [0, 0.1) is 29.1 Å². The van der Waals surface area contributed by atoms with Gasteiger partial charge in [-0.1, -0.05) is 30.3 Å². The first-order valence-electron chi connectivity index (χ1n) is 9.51. The van der Waals surface area contributed by atoms with Gasteiger partial charge in [-0.05, 0) is 43.1 Å². The van der Waals surface area contributed by atoms with Gasteiger partial charge in [-0.3, -0.25) is 19.3 Å². The number of ketones is 2. The van der Waals surface area contributed by atoms with Crippen LogP contribution in [0.3, 0.4) is 0 Å². The van der Waals surface area contributed by atoms with Crippen LogP contribution < -0.4 is 0 Å². The molecule has 3 aliphatic carbocycles. The second-order valence-corrected chi connectivity index (χ2v) is 8.34. The number of methoxy groups -OCH3 is 1. The highest BCUT2D eigenvalue weighted by atomic mass is 16.5. The maximum atomic E-state index is 12.7. The van der Waals surface area contributed by atoms with Crippen LogP contribution in [-0.2, 0) is 14.3 Å². The molecule has 5 heteroatoms. The number of fused-ring (bicyclic) bond motifs is 4. The standard InChI is InChI=1S/C21H23NO4/c1-26-20(25)18-19(24)13-9-14(13)21(18)7-8-22(16-10-15(16)21)11-17(23)12-5-3-2-4-6-12/h2-6,13-16,18H,7-11H2,1H3. The highest BCUT2D eigenvalue weighted by Gasteiger charge is 2.77. The van der Waals surface area contributed by atoms with Crippen molar-refractivity contribution in [2.45, 2.75) is 25.3 Å². The molecule has 3 saturated carbocycles. The Morgan fingerprint density at radius 2 is 1.96 bits per heavy atom. The van der Waals surface area contributed by atoms with Gasteiger partial charge in [0, 0.05) is 17.5 Å². The van der Waals surface area contributed by atoms with Gasteiger partial charge in [0.1, 0.15) is 5.92 Å². The van der Waals surface area contributed by atoms with Crippen molar-refractivity contribution in [1.29, 1.82) is 0 Å². The molecule has 0 N–H and O–H groups in total. The minimum atomic E-state index is -0.571. The van der Waals surface area contributed by atoms with E-state index in [4.69, 9.17) is 4.74 Å². The fourth-order valence-electron chi connectivity index (χ4n) is 6.02. The van der Waals surface area contributed by atoms with Gasteiger partial charge in [-0.15, -0.1) is 0 Å². The summed E-state index contributed by atoms with van der Waals surface area (Å²) in [7, 11) is 1.38. The number of hydrogen-bond donors (Lipinski definition) is 0. The number of hydrogen-bond acceptors (Lipinski definition) is 5. The topological polar surface area (TPSA) is 63.7 Å². The van der Waals surface area contributed by atoms with E-state index in [1.165, 1.54) is 7.11 Å². The Balaban J connectivity index is 1.34. The van der Waals surface area contributed by atoms with Crippen LogP contribution in [0.2, 0.25) is 0 Å². The van der Waals surface area contributed by atoms with Crippen molar-refractivity contribution < 1.29 is 19.1 Å². The number of ether oxygens (including phenoxy) is 1. The molecule has 0 aromatic heterocycles. The number of Topliss-reactive ketones (excluding diaryl/α,β-unsaturated/α-hetero) is 2. The molecule has 0 amide bonds. The SMILES string of the molecule is COC(=O)C1C(=O)C2CC2C12CCN(CC(=O)c1ccccc1)C1CC12. The van der Waals surface area contributed by atoms with E-state index in [1.54, 1.807) is 0 Å². The summed E-state index contributed by atoms with van der Waals surface area (Å²) in [6, 6.07) is 9.73. The van der Waals surface area contributed by atoms with Crippen molar-refractivity contribution >= 4 is 17.5 Å². The molecule has 5 nitrogen and oxygen atoms in total. The number of esters is 1. The fraction of sp³-hybridized carbons (Fsp3) is 0.571. The molecule has 4 fully saturated rings. The van der Waals surface area contributed by atoms with Crippen molar-refractivity contribution in [3.63, 3.8) is 0 Å². The normalized spacial score (nSPS) is 40.0. The molecule has 136 valence electrons. The third-order valence-electron chi connectivity index (χ3n) is 7.30. The van der Waals surface area contributed by atoms with Gasteiger partial charge in [0.05, 0.1) is 13.7 Å². The molecule has 6 unspecified atom stereocenters. The maximum Gasteiger partial charge on any atom is 0.316 e. The predicted octanol–water partition coefficient (Wildman–Crippen LogP) is 1.96. The fourth-order valence-corrected chi connectivity index (χ4v) is 6.02. The van der Waals surface area contributed by atoms with E-state index in [9.17, 15) is 14.4 Å². The quantitative estimate of drug-likeness (QED) is 0.470. The molecule has 0 bridgehead atoms. The third kappa shape index (κ3) is 2.10. The molecule has 26 heavy (non-hydrogen) atoms. The van der Waals surface area contributed by atoms with Crippen LogP contribution in [-0.4, -0.2) is 48.7 Å². The lowest BCUT2D eigenvalue weighted by Crippen LogP contribution is -2.49. The average Bonchev–Trinajstić information content (AvgIpc) is 3.56. The van der Waals surface area contributed by atoms with Gasteiger partial charge < -0.3 is 4.74 Å². The molecule has 1 heterocycles. The minimum absolute atomic E-state index is 0.0813. The zero-order valence-corrected chi connectivity index (χ0v) is 14.9. The van der Waals surface area contributed by atoms with Gasteiger partial charge in [0.15, 0.2) is 11.6 Å². The Labute approximate surface area is 152 Å². The summed E-state index contributed by atoms with van der Waals surface area (Å²) in [5.74, 6) is 0.133. The average molecular weight is 353 g/mol. The van der Waals surface area contributed by atoms with E-state index in [0.29, 0.717) is 24.4 Å². The van der Waals surface area contributed by atoms with Gasteiger partial charge in [0.2, 0.25) is 0 Å². The van der Waals surface area contributed by atoms with E-state index in [0.717, 1.165) is 31.4 Å². The smallest absolute Gasteiger partial charge is 0.316 e. The third-order valence-corrected chi connectivity index (χ3v) is 7.30. The van der Waals surface area contributed by atoms with Crippen LogP contribution in [0.15, 0.2) is 30.3 Å². The number of benzene rings is 1. The lowest BCUT2D eigenvalue weighted by atomic mass is 9.66. The van der Waals surface area contributed by atoms with Gasteiger partial charge in [-0.2, -0.15) is 0 Å². The molecule has 0 radical (unpaired) electrons. The molecule has 4 aliphatic rings. The summed E-state index contributed by atoms with van der Waals surface area (Å²) in [6.07, 6.45) is 2.76. The van der Waals surface area contributed by atoms with Crippen LogP contribution in [0.1, 0.15) is 29.6 Å². The summed E-state index contributed by atoms with van der Waals surface area (Å²) in [6.45, 7) is 1.20. The van der Waals surface area contributed by atoms with Gasteiger partial charge >= 0.3 is 5.97 Å². The Kier molecular flexibility index (Phi) is 3.42. The van der Waals surface area contributed by atoms with Crippen molar-refractivity contribution in [1.82, 2.24) is 4.90 Å². The van der Waals surface area contributed by atoms with E-state index in [-0.39, 0.29) is 28.9 Å². The Morgan fingerprint density at radius 1 is 1.19 bits per heavy atom. The summed E-state index contributed by atoms with van der Waals surface area (Å²) in [4.78, 5) is 39.8. The van der Waals surface area contributed by atoms with E-state index in [1.807, 2.05) is 30.3 Å². The summed E-state index contributed by atoms with van der Waals surface area (Å²) in [5.41, 5.74) is 0.543. The van der Waals surface area contributed by atoms with Crippen molar-refractivity contribution in [3.05, 3.63) is 35.9 Å². The van der Waals surface area contributed by atoms with Gasteiger partial charge in [-0.25, -0.2) is 0 Å². The highest BCUT2D eigenvalue weighted by molar-refractivity contribution is 6.05. The largest absolute Gasteiger partial charge is 0.468 e. The molecule has 1 saturated heterocycles. The predicted molar refractivity (Wildman–Crippen MR) is 93.4 cm³/mol. The van der Waals surface area contributed by atoms with Crippen LogP contribution in [0.25, 0.3) is 0 Å². The van der Waals surface area contributed by atoms with Crippen LogP contribution in [0.5, 0.6) is 0 Å². The number of nitrogens with zero attached hydrogens (tertiary/aromatic N) is 1. The lowest BCUT2D eigenvalue weighted by Gasteiger charge is -2.42. The molecular weight excluding hydrogens is 330 g/mol. The lowest BCUT2D eigenvalue weighted by molar-refractivity contribution is -0.156. The second-order valence-electron chi connectivity index (χ2n) is 8.34. The monoisotopic (exact) mass is 353 g/mol. The zero-order valence-electron chi connectivity index (χ0n) is 14.9. The molecular formula is C21H23NO4. The first-order chi connectivity index (χ1) is 12.6. The van der Waals surface area contributed by atoms with Gasteiger partial charge in [0.25, 0.3) is 0 Å². The molecule has 1 aromatic rings. The first-order valence-corrected chi connectivity index (χ1v) is 9.51. The number of rotatable bonds is 4. The summed E-state index contributed by atoms with van der Waals surface area (Å²) >= 11 is 0. The number of piperidine rings is 1. The Hall–Kier alpha value is -2.01. The second kappa shape index (κ2) is 5.49. The molecule has 5 rings (SSSR count). The number of likely N-dealkylation sites (tertiary alicyclic amines) is 1. The zero-order chi connectivity index (χ0) is 18.1. The molecule has 1 spiro atoms. The first kappa shape index (κ1) is 16.2. The van der Waals surface area contributed by atoms with Crippen molar-refractivity contribution in [3.8, 4) is 0 Å². The molecule has 1 aromatic carbocycles. The van der Waals surface area contributed by atoms with E-state index in [2.05, 4.69) is 4.90 Å². The summed E-state index contributed by atoms with van der Waals surface area (Å²) < 4.78 is 4.99. The Bertz CT molecular complexity index is 790. The summed E-state index contributed by atoms with van der Waals surface area (Å²) in [5, 5.41) is 0. The Morgan fingerprint density at radius 3 is 2.69 bits per heavy atom. The minimum Gasteiger partial charge on any atom is -0.468 e. The number of carbonyl (C=O) groups is 3. The van der Waals surface area contributed by atoms with E-state index >= 15 is 0 Å². The van der Waals surface area contributed by atoms with Crippen molar-refractivity contribution in [2.24, 2.45) is 29.1 Å². The van der Waals surface area contributed by atoms with Crippen LogP contribution >= 0.6 is 0 Å². The highest BCUT2D eigenvalue weighted by Crippen LogP contribution is 2.73. The van der Waals surface area contributed by atoms with Crippen molar-refractivity contribution in [2.75, 3.05) is 20.2 Å². The maximum absolute atomic E-state index is 12.7.